The number of anilines is 3. The molecule has 0 saturated carbocycles. The van der Waals surface area contributed by atoms with Gasteiger partial charge in [-0.1, -0.05) is 62.4 Å². The first-order chi connectivity index (χ1) is 18.0. The van der Waals surface area contributed by atoms with E-state index in [4.69, 9.17) is 16.3 Å². The minimum atomic E-state index is -0.299. The predicted octanol–water partition coefficient (Wildman–Crippen LogP) is 8.99. The summed E-state index contributed by atoms with van der Waals surface area (Å²) < 4.78 is 6.16. The van der Waals surface area contributed by atoms with E-state index in [0.29, 0.717) is 5.76 Å². The molecule has 4 nitrogen and oxygen atoms in total. The lowest BCUT2D eigenvalue weighted by molar-refractivity contribution is 0.569. The summed E-state index contributed by atoms with van der Waals surface area (Å²) in [5, 5.41) is 11.5. The van der Waals surface area contributed by atoms with Crippen molar-refractivity contribution < 1.29 is 4.42 Å². The van der Waals surface area contributed by atoms with Crippen molar-refractivity contribution >= 4 is 33.9 Å². The Hall–Kier alpha value is -5.06. The van der Waals surface area contributed by atoms with Crippen molar-refractivity contribution in [2.75, 3.05) is 4.90 Å². The zero-order valence-corrected chi connectivity index (χ0v) is 20.6. The van der Waals surface area contributed by atoms with Gasteiger partial charge in [0.05, 0.1) is 12.6 Å². The molecule has 4 aromatic carbocycles. The molecule has 0 bridgehead atoms. The maximum atomic E-state index is 9.15. The molecule has 4 heteroatoms. The maximum Gasteiger partial charge on any atom is 0.265 e. The normalized spacial score (nSPS) is 13.5. The van der Waals surface area contributed by atoms with Crippen molar-refractivity contribution in [3.05, 3.63) is 131 Å². The smallest absolute Gasteiger partial charge is 0.265 e. The molecule has 0 amide bonds. The molecular weight excluding hydrogens is 454 g/mol. The van der Waals surface area contributed by atoms with Gasteiger partial charge in [0.25, 0.3) is 5.70 Å². The maximum absolute atomic E-state index is 9.15. The number of rotatable bonds is 4. The summed E-state index contributed by atoms with van der Waals surface area (Å²) in [7, 11) is 0. The second-order valence-corrected chi connectivity index (χ2v) is 9.70. The molecular formula is C33H23N3O. The first kappa shape index (κ1) is 22.4. The van der Waals surface area contributed by atoms with E-state index in [1.54, 1.807) is 0 Å². The monoisotopic (exact) mass is 477 g/mol. The Morgan fingerprint density at radius 3 is 2.30 bits per heavy atom. The van der Waals surface area contributed by atoms with Crippen LogP contribution in [-0.4, -0.2) is 0 Å². The molecule has 0 atom stereocenters. The van der Waals surface area contributed by atoms with Crippen LogP contribution in [-0.2, 0) is 5.41 Å². The molecule has 0 saturated heterocycles. The van der Waals surface area contributed by atoms with E-state index in [-0.39, 0.29) is 11.1 Å². The van der Waals surface area contributed by atoms with Crippen LogP contribution in [0.3, 0.4) is 0 Å². The molecule has 1 aliphatic rings. The number of nitriles is 1. The average Bonchev–Trinajstić information content (AvgIpc) is 3.44. The quantitative estimate of drug-likeness (QED) is 0.192. The molecule has 37 heavy (non-hydrogen) atoms. The zero-order valence-electron chi connectivity index (χ0n) is 20.6. The van der Waals surface area contributed by atoms with Crippen LogP contribution in [0.15, 0.2) is 107 Å². The van der Waals surface area contributed by atoms with Gasteiger partial charge in [0.15, 0.2) is 0 Å². The summed E-state index contributed by atoms with van der Waals surface area (Å²) >= 11 is 0. The number of para-hydroxylation sites is 1. The van der Waals surface area contributed by atoms with E-state index in [2.05, 4.69) is 109 Å². The number of benzene rings is 4. The largest absolute Gasteiger partial charge is 0.458 e. The summed E-state index contributed by atoms with van der Waals surface area (Å²) in [6.45, 7) is 11.5. The highest BCUT2D eigenvalue weighted by molar-refractivity contribution is 5.90. The van der Waals surface area contributed by atoms with Gasteiger partial charge in [-0.15, -0.1) is 0 Å². The minimum Gasteiger partial charge on any atom is -0.458 e. The third-order valence-corrected chi connectivity index (χ3v) is 7.12. The third-order valence-electron chi connectivity index (χ3n) is 7.12. The van der Waals surface area contributed by atoms with E-state index in [9.17, 15) is 0 Å². The van der Waals surface area contributed by atoms with Gasteiger partial charge < -0.3 is 9.32 Å². The van der Waals surface area contributed by atoms with Crippen LogP contribution in [0.5, 0.6) is 0 Å². The van der Waals surface area contributed by atoms with Gasteiger partial charge in [-0.05, 0) is 70.9 Å². The number of allylic oxidation sites excluding steroid dienone is 1. The van der Waals surface area contributed by atoms with Crippen LogP contribution in [0.2, 0.25) is 0 Å². The fourth-order valence-corrected chi connectivity index (χ4v) is 5.24. The number of nitrogens with zero attached hydrogens (tertiary/aromatic N) is 3. The Balaban J connectivity index is 1.49. The first-order valence-electron chi connectivity index (χ1n) is 12.1. The van der Waals surface area contributed by atoms with Crippen LogP contribution in [0, 0.1) is 17.9 Å². The van der Waals surface area contributed by atoms with Crippen molar-refractivity contribution in [3.63, 3.8) is 0 Å². The number of fused-ring (bicyclic) bond motifs is 4. The second-order valence-electron chi connectivity index (χ2n) is 9.70. The topological polar surface area (TPSA) is 44.5 Å². The molecule has 1 aromatic heterocycles. The fraction of sp³-hybridized carbons (Fsp3) is 0.0909. The third kappa shape index (κ3) is 3.68. The summed E-state index contributed by atoms with van der Waals surface area (Å²) in [5.74, 6) is 1.33. The lowest BCUT2D eigenvalue weighted by Crippen LogP contribution is -2.16. The summed E-state index contributed by atoms with van der Waals surface area (Å²) in [5.41, 5.74) is 6.23. The molecule has 0 radical (unpaired) electrons. The number of furan rings is 1. The average molecular weight is 478 g/mol. The van der Waals surface area contributed by atoms with E-state index in [1.165, 1.54) is 22.4 Å². The molecule has 5 aromatic rings. The van der Waals surface area contributed by atoms with Crippen LogP contribution in [0.4, 0.5) is 17.1 Å². The molecule has 0 spiro atoms. The Bertz CT molecular complexity index is 1760. The SMILES string of the molecule is [C-]#[N+]/C(C#N)=C\c1cc2c(o1)-c1ccc(N(c3ccccc3)c3ccc4ccccc4c3)cc1C2(C)C. The van der Waals surface area contributed by atoms with Gasteiger partial charge in [-0.2, -0.15) is 0 Å². The molecule has 0 N–H and O–H groups in total. The van der Waals surface area contributed by atoms with Crippen LogP contribution in [0.1, 0.15) is 30.7 Å². The van der Waals surface area contributed by atoms with Crippen molar-refractivity contribution in [3.8, 4) is 17.4 Å². The Labute approximate surface area is 216 Å². The van der Waals surface area contributed by atoms with E-state index >= 15 is 0 Å². The van der Waals surface area contributed by atoms with Crippen LogP contribution < -0.4 is 4.90 Å². The van der Waals surface area contributed by atoms with Crippen LogP contribution in [0.25, 0.3) is 33.0 Å². The summed E-state index contributed by atoms with van der Waals surface area (Å²) in [4.78, 5) is 5.54. The molecule has 176 valence electrons. The zero-order chi connectivity index (χ0) is 25.6. The predicted molar refractivity (Wildman–Crippen MR) is 149 cm³/mol. The fourth-order valence-electron chi connectivity index (χ4n) is 5.24. The van der Waals surface area contributed by atoms with Gasteiger partial charge in [0.2, 0.25) is 0 Å². The first-order valence-corrected chi connectivity index (χ1v) is 12.1. The summed E-state index contributed by atoms with van der Waals surface area (Å²) in [6.07, 6.45) is 1.51. The van der Waals surface area contributed by atoms with E-state index in [1.807, 2.05) is 18.2 Å². The van der Waals surface area contributed by atoms with Gasteiger partial charge in [-0.3, -0.25) is 0 Å². The Morgan fingerprint density at radius 2 is 1.54 bits per heavy atom. The van der Waals surface area contributed by atoms with E-state index in [0.717, 1.165) is 33.9 Å². The van der Waals surface area contributed by atoms with Gasteiger partial charge in [0, 0.05) is 33.6 Å². The van der Waals surface area contributed by atoms with E-state index < -0.39 is 0 Å². The minimum absolute atomic E-state index is 0.00897. The molecule has 0 aliphatic heterocycles. The molecule has 1 aliphatic carbocycles. The number of hydrogen-bond donors (Lipinski definition) is 0. The molecule has 0 fully saturated rings. The van der Waals surface area contributed by atoms with Crippen molar-refractivity contribution in [1.82, 2.24) is 0 Å². The lowest BCUT2D eigenvalue weighted by Gasteiger charge is -2.28. The standard InChI is InChI=1S/C33H23N3O/c1-33(2)30-19-27(15-16-29(30)32-31(33)20-28(37-32)18-24(21-34)35-3)36(25-11-5-4-6-12-25)26-14-13-22-9-7-8-10-23(22)17-26/h4-20H,1-2H3/b24-18-. The lowest BCUT2D eigenvalue weighted by atomic mass is 9.82. The summed E-state index contributed by atoms with van der Waals surface area (Å²) in [6, 6.07) is 35.7. The number of hydrogen-bond acceptors (Lipinski definition) is 3. The molecule has 6 rings (SSSR count). The second kappa shape index (κ2) is 8.55. The van der Waals surface area contributed by atoms with Gasteiger partial charge >= 0.3 is 0 Å². The van der Waals surface area contributed by atoms with Crippen molar-refractivity contribution in [1.29, 1.82) is 5.26 Å². The Kier molecular flexibility index (Phi) is 5.18. The van der Waals surface area contributed by atoms with Gasteiger partial charge in [-0.25, -0.2) is 10.1 Å². The highest BCUT2D eigenvalue weighted by Gasteiger charge is 2.39. The highest BCUT2D eigenvalue weighted by atomic mass is 16.3. The van der Waals surface area contributed by atoms with Crippen molar-refractivity contribution in [2.24, 2.45) is 0 Å². The van der Waals surface area contributed by atoms with Crippen LogP contribution >= 0.6 is 0 Å². The Morgan fingerprint density at radius 1 is 0.838 bits per heavy atom. The molecule has 0 unspecified atom stereocenters. The molecule has 1 heterocycles. The van der Waals surface area contributed by atoms with Gasteiger partial charge in [0.1, 0.15) is 11.5 Å². The van der Waals surface area contributed by atoms with Crippen molar-refractivity contribution in [2.45, 2.75) is 19.3 Å². The highest BCUT2D eigenvalue weighted by Crippen LogP contribution is 2.52.